The normalized spacial score (nSPS) is 18.1. The zero-order chi connectivity index (χ0) is 30.0. The highest BCUT2D eigenvalue weighted by Gasteiger charge is 2.35. The number of fused-ring (bicyclic) bond motifs is 3. The van der Waals surface area contributed by atoms with Crippen molar-refractivity contribution in [3.8, 4) is 11.1 Å². The van der Waals surface area contributed by atoms with Crippen LogP contribution in [0.4, 0.5) is 9.59 Å². The minimum absolute atomic E-state index is 0.0897. The zero-order valence-corrected chi connectivity index (χ0v) is 24.5. The third kappa shape index (κ3) is 6.42. The minimum Gasteiger partial charge on any atom is -0.476 e. The summed E-state index contributed by atoms with van der Waals surface area (Å²) in [6, 6.07) is 17.4. The summed E-state index contributed by atoms with van der Waals surface area (Å²) in [5.74, 6) is -1.23. The first kappa shape index (κ1) is 29.2. The van der Waals surface area contributed by atoms with E-state index in [4.69, 9.17) is 9.47 Å². The van der Waals surface area contributed by atoms with Crippen molar-refractivity contribution < 1.29 is 29.0 Å². The SMILES string of the molecule is Cn1nc(C(=O)O)cc1CN(C(=O)OCC1c2ccccc2-c2ccccc21)[C@@H]1CCC[C@H](NC(=O)OC(C)(C)C)C1. The van der Waals surface area contributed by atoms with E-state index in [0.29, 0.717) is 12.1 Å². The van der Waals surface area contributed by atoms with Gasteiger partial charge in [-0.1, -0.05) is 48.5 Å². The predicted octanol–water partition coefficient (Wildman–Crippen LogP) is 5.71. The minimum atomic E-state index is -1.14. The highest BCUT2D eigenvalue weighted by molar-refractivity contribution is 5.85. The van der Waals surface area contributed by atoms with Crippen molar-refractivity contribution in [2.24, 2.45) is 7.05 Å². The molecule has 10 nitrogen and oxygen atoms in total. The molecule has 222 valence electrons. The summed E-state index contributed by atoms with van der Waals surface area (Å²) in [6.45, 7) is 5.73. The number of carbonyl (C=O) groups is 3. The number of alkyl carbamates (subject to hydrolysis) is 1. The summed E-state index contributed by atoms with van der Waals surface area (Å²) in [4.78, 5) is 39.5. The van der Waals surface area contributed by atoms with E-state index in [1.54, 1.807) is 11.9 Å². The van der Waals surface area contributed by atoms with Crippen molar-refractivity contribution in [1.29, 1.82) is 0 Å². The molecule has 2 aliphatic carbocycles. The van der Waals surface area contributed by atoms with Crippen LogP contribution in [0.1, 0.15) is 79.7 Å². The number of ether oxygens (including phenoxy) is 2. The summed E-state index contributed by atoms with van der Waals surface area (Å²) in [5.41, 5.74) is 4.39. The van der Waals surface area contributed by atoms with E-state index in [9.17, 15) is 19.5 Å². The molecule has 5 rings (SSSR count). The first-order valence-electron chi connectivity index (χ1n) is 14.4. The van der Waals surface area contributed by atoms with E-state index in [1.165, 1.54) is 10.7 Å². The molecule has 2 aromatic carbocycles. The Hall–Kier alpha value is -4.34. The van der Waals surface area contributed by atoms with Gasteiger partial charge in [-0.25, -0.2) is 14.4 Å². The number of nitrogens with zero attached hydrogens (tertiary/aromatic N) is 3. The topological polar surface area (TPSA) is 123 Å². The lowest BCUT2D eigenvalue weighted by molar-refractivity contribution is 0.0447. The van der Waals surface area contributed by atoms with Crippen LogP contribution in [-0.2, 0) is 23.1 Å². The number of aromatic carboxylic acids is 1. The smallest absolute Gasteiger partial charge is 0.410 e. The van der Waals surface area contributed by atoms with E-state index >= 15 is 0 Å². The van der Waals surface area contributed by atoms with Gasteiger partial charge in [0.2, 0.25) is 0 Å². The quantitative estimate of drug-likeness (QED) is 0.371. The molecule has 0 aliphatic heterocycles. The molecule has 1 aromatic heterocycles. The fourth-order valence-electron chi connectivity index (χ4n) is 6.00. The standard InChI is InChI=1S/C32H38N4O6/c1-32(2,3)42-30(39)33-20-10-9-11-21(16-20)36(18-22-17-28(29(37)38)34-35(22)4)31(40)41-19-27-25-14-7-5-12-23(25)24-13-6-8-15-26(24)27/h5-8,12-15,17,20-21,27H,9-11,16,18-19H2,1-4H3,(H,33,39)(H,37,38)/t20-,21+/m0/s1. The number of aryl methyl sites for hydroxylation is 1. The van der Waals surface area contributed by atoms with Crippen molar-refractivity contribution in [2.45, 2.75) is 76.6 Å². The molecule has 2 N–H and O–H groups in total. The molecule has 2 aliphatic rings. The van der Waals surface area contributed by atoms with Gasteiger partial charge in [-0.2, -0.15) is 5.10 Å². The Bertz CT molecular complexity index is 1430. The third-order valence-electron chi connectivity index (χ3n) is 7.91. The molecule has 0 radical (unpaired) electrons. The van der Waals surface area contributed by atoms with Crippen LogP contribution < -0.4 is 5.32 Å². The Kier molecular flexibility index (Phi) is 8.24. The van der Waals surface area contributed by atoms with Gasteiger partial charge in [-0.15, -0.1) is 0 Å². The molecule has 0 spiro atoms. The Morgan fingerprint density at radius 2 is 1.69 bits per heavy atom. The molecule has 2 atom stereocenters. The van der Waals surface area contributed by atoms with Gasteiger partial charge in [-0.05, 0) is 74.8 Å². The van der Waals surface area contributed by atoms with Crippen LogP contribution in [0.2, 0.25) is 0 Å². The number of rotatable bonds is 7. The van der Waals surface area contributed by atoms with Crippen LogP contribution in [0.3, 0.4) is 0 Å². The molecule has 0 unspecified atom stereocenters. The van der Waals surface area contributed by atoms with Gasteiger partial charge in [0.25, 0.3) is 0 Å². The molecular weight excluding hydrogens is 536 g/mol. The van der Waals surface area contributed by atoms with Crippen molar-refractivity contribution in [3.63, 3.8) is 0 Å². The number of carbonyl (C=O) groups excluding carboxylic acids is 2. The molecule has 10 heteroatoms. The maximum absolute atomic E-state index is 13.8. The van der Waals surface area contributed by atoms with Crippen molar-refractivity contribution in [1.82, 2.24) is 20.0 Å². The van der Waals surface area contributed by atoms with Crippen LogP contribution in [0.25, 0.3) is 11.1 Å². The van der Waals surface area contributed by atoms with E-state index in [-0.39, 0.29) is 36.8 Å². The van der Waals surface area contributed by atoms with Crippen LogP contribution in [-0.4, -0.2) is 62.2 Å². The molecule has 3 aromatic rings. The van der Waals surface area contributed by atoms with Crippen LogP contribution in [0, 0.1) is 0 Å². The van der Waals surface area contributed by atoms with Crippen LogP contribution in [0.15, 0.2) is 54.6 Å². The molecule has 0 bridgehead atoms. The second-order valence-corrected chi connectivity index (χ2v) is 12.0. The van der Waals surface area contributed by atoms with E-state index in [1.807, 2.05) is 45.0 Å². The van der Waals surface area contributed by atoms with Gasteiger partial charge in [-0.3, -0.25) is 9.58 Å². The third-order valence-corrected chi connectivity index (χ3v) is 7.91. The number of benzene rings is 2. The van der Waals surface area contributed by atoms with E-state index in [0.717, 1.165) is 41.5 Å². The largest absolute Gasteiger partial charge is 0.476 e. The molecule has 1 heterocycles. The Morgan fingerprint density at radius 1 is 1.05 bits per heavy atom. The van der Waals surface area contributed by atoms with E-state index < -0.39 is 23.8 Å². The number of aromatic nitrogens is 2. The Balaban J connectivity index is 1.35. The van der Waals surface area contributed by atoms with Gasteiger partial charge in [0, 0.05) is 25.0 Å². The zero-order valence-electron chi connectivity index (χ0n) is 24.5. The van der Waals surface area contributed by atoms with Gasteiger partial charge in [0.1, 0.15) is 12.2 Å². The van der Waals surface area contributed by atoms with Crippen LogP contribution in [0.5, 0.6) is 0 Å². The second-order valence-electron chi connectivity index (χ2n) is 12.0. The lowest BCUT2D eigenvalue weighted by atomic mass is 9.90. The van der Waals surface area contributed by atoms with Gasteiger partial charge >= 0.3 is 18.2 Å². The number of hydrogen-bond acceptors (Lipinski definition) is 6. The molecule has 2 amide bonds. The average Bonchev–Trinajstić information content (AvgIpc) is 3.47. The molecule has 0 saturated heterocycles. The summed E-state index contributed by atoms with van der Waals surface area (Å²) in [5, 5.41) is 16.5. The van der Waals surface area contributed by atoms with Crippen LogP contribution >= 0.6 is 0 Å². The highest BCUT2D eigenvalue weighted by Crippen LogP contribution is 2.44. The Labute approximate surface area is 245 Å². The summed E-state index contributed by atoms with van der Waals surface area (Å²) >= 11 is 0. The van der Waals surface area contributed by atoms with E-state index in [2.05, 4.69) is 34.7 Å². The summed E-state index contributed by atoms with van der Waals surface area (Å²) in [6.07, 6.45) is 1.83. The molecule has 1 fully saturated rings. The van der Waals surface area contributed by atoms with Gasteiger partial charge in [0.15, 0.2) is 5.69 Å². The maximum atomic E-state index is 13.8. The number of hydrogen-bond donors (Lipinski definition) is 2. The molecule has 42 heavy (non-hydrogen) atoms. The number of amides is 2. The fourth-order valence-corrected chi connectivity index (χ4v) is 6.00. The fraction of sp³-hybridized carbons (Fsp3) is 0.438. The number of carboxylic acids is 1. The van der Waals surface area contributed by atoms with Crippen molar-refractivity contribution in [2.75, 3.05) is 6.61 Å². The molecular formula is C32H38N4O6. The highest BCUT2D eigenvalue weighted by atomic mass is 16.6. The average molecular weight is 575 g/mol. The lowest BCUT2D eigenvalue weighted by Gasteiger charge is -2.37. The van der Waals surface area contributed by atoms with Crippen molar-refractivity contribution >= 4 is 18.2 Å². The monoisotopic (exact) mass is 574 g/mol. The van der Waals surface area contributed by atoms with Gasteiger partial charge < -0.3 is 19.9 Å². The van der Waals surface area contributed by atoms with Crippen molar-refractivity contribution in [3.05, 3.63) is 77.1 Å². The summed E-state index contributed by atoms with van der Waals surface area (Å²) < 4.78 is 13.0. The Morgan fingerprint density at radius 3 is 2.29 bits per heavy atom. The summed E-state index contributed by atoms with van der Waals surface area (Å²) in [7, 11) is 1.66. The van der Waals surface area contributed by atoms with Gasteiger partial charge in [0.05, 0.1) is 12.2 Å². The lowest BCUT2D eigenvalue weighted by Crippen LogP contribution is -2.49. The number of carboxylic acid groups (broad SMARTS) is 1. The number of nitrogens with one attached hydrogen (secondary N) is 1. The maximum Gasteiger partial charge on any atom is 0.410 e. The first-order valence-corrected chi connectivity index (χ1v) is 14.4. The second kappa shape index (κ2) is 11.9. The predicted molar refractivity (Wildman–Crippen MR) is 156 cm³/mol. The molecule has 1 saturated carbocycles. The first-order chi connectivity index (χ1) is 20.0.